The summed E-state index contributed by atoms with van der Waals surface area (Å²) in [5.41, 5.74) is 0. The Labute approximate surface area is 422 Å². The highest BCUT2D eigenvalue weighted by Gasteiger charge is 2.54. The summed E-state index contributed by atoms with van der Waals surface area (Å²) in [5.74, 6) is -1.43. The Morgan fingerprint density at radius 3 is 1.59 bits per heavy atom. The van der Waals surface area contributed by atoms with Crippen LogP contribution in [0.25, 0.3) is 0 Å². The highest BCUT2D eigenvalue weighted by molar-refractivity contribution is 7.47. The number of aliphatic hydroxyl groups is 5. The molecule has 17 nitrogen and oxygen atoms in total. The van der Waals surface area contributed by atoms with E-state index in [0.717, 1.165) is 83.5 Å². The van der Waals surface area contributed by atoms with Crippen LogP contribution in [0.5, 0.6) is 0 Å². The molecule has 0 amide bonds. The predicted octanol–water partition coefficient (Wildman–Crippen LogP) is 9.31. The Balaban J connectivity index is 2.65. The van der Waals surface area contributed by atoms with Crippen LogP contribution in [0.4, 0.5) is 0 Å². The molecule has 0 radical (unpaired) electrons. The second-order valence-electron chi connectivity index (χ2n) is 17.3. The van der Waals surface area contributed by atoms with E-state index < -0.39 is 89.6 Å². The number of phosphoric ester groups is 2. The van der Waals surface area contributed by atoms with Crippen LogP contribution < -0.4 is 0 Å². The highest BCUT2D eigenvalue weighted by atomic mass is 31.2. The predicted molar refractivity (Wildman–Crippen MR) is 274 cm³/mol. The first-order valence-corrected chi connectivity index (χ1v) is 28.4. The number of carbonyl (C=O) groups excluding carboxylic acids is 2. The zero-order valence-electron chi connectivity index (χ0n) is 42.0. The van der Waals surface area contributed by atoms with Gasteiger partial charge in [-0.3, -0.25) is 23.2 Å². The van der Waals surface area contributed by atoms with E-state index in [2.05, 4.69) is 85.2 Å². The molecule has 0 aromatic rings. The second-order valence-corrected chi connectivity index (χ2v) is 19.9. The lowest BCUT2D eigenvalue weighted by molar-refractivity contribution is -0.216. The molecule has 0 aliphatic heterocycles. The molecule has 0 aromatic heterocycles. The van der Waals surface area contributed by atoms with Gasteiger partial charge >= 0.3 is 27.6 Å². The minimum absolute atomic E-state index is 0.0172. The summed E-state index contributed by atoms with van der Waals surface area (Å²) in [7, 11) is -10.8. The molecule has 8 N–H and O–H groups in total. The summed E-state index contributed by atoms with van der Waals surface area (Å²) in [5, 5.41) is 51.6. The zero-order valence-corrected chi connectivity index (χ0v) is 43.8. The molecule has 0 aromatic carbocycles. The number of aliphatic hydroxyl groups excluding tert-OH is 5. The Kier molecular flexibility index (Phi) is 38.3. The van der Waals surface area contributed by atoms with Crippen molar-refractivity contribution in [1.82, 2.24) is 0 Å². The number of unbranched alkanes of at least 4 members (excludes halogenated alkanes) is 10. The van der Waals surface area contributed by atoms with Crippen LogP contribution in [0.3, 0.4) is 0 Å². The van der Waals surface area contributed by atoms with Crippen LogP contribution in [0.2, 0.25) is 0 Å². The second kappa shape index (κ2) is 41.3. The van der Waals surface area contributed by atoms with E-state index in [1.807, 2.05) is 18.2 Å². The summed E-state index contributed by atoms with van der Waals surface area (Å²) in [6, 6.07) is 0. The third kappa shape index (κ3) is 35.6. The number of esters is 2. The van der Waals surface area contributed by atoms with Gasteiger partial charge in [0.05, 0.1) is 12.7 Å². The van der Waals surface area contributed by atoms with Gasteiger partial charge in [0.2, 0.25) is 0 Å². The largest absolute Gasteiger partial charge is 0.472 e. The van der Waals surface area contributed by atoms with Gasteiger partial charge in [0.15, 0.2) is 6.10 Å². The van der Waals surface area contributed by atoms with Crippen LogP contribution in [-0.4, -0.2) is 114 Å². The number of rotatable bonds is 41. The third-order valence-electron chi connectivity index (χ3n) is 11.0. The van der Waals surface area contributed by atoms with E-state index in [1.165, 1.54) is 25.7 Å². The summed E-state index contributed by atoms with van der Waals surface area (Å²) in [4.78, 5) is 54.4. The fraction of sp³-hybridized carbons (Fsp3) is 0.654. The van der Waals surface area contributed by atoms with Crippen molar-refractivity contribution in [2.45, 2.75) is 204 Å². The molecule has 0 bridgehead atoms. The molecule has 1 aliphatic carbocycles. The number of ether oxygens (including phenoxy) is 2. The van der Waals surface area contributed by atoms with Crippen molar-refractivity contribution in [3.05, 3.63) is 97.2 Å². The van der Waals surface area contributed by atoms with Crippen LogP contribution in [-0.2, 0) is 41.8 Å². The average molecular weight is 1050 g/mol. The Bertz CT molecular complexity index is 1750. The number of carbonyl (C=O) groups is 2. The maximum Gasteiger partial charge on any atom is 0.472 e. The molecule has 406 valence electrons. The van der Waals surface area contributed by atoms with Gasteiger partial charge in [0, 0.05) is 12.8 Å². The number of phosphoric acid groups is 2. The number of hydrogen-bond donors (Lipinski definition) is 8. The first-order valence-electron chi connectivity index (χ1n) is 25.4. The lowest BCUT2D eigenvalue weighted by Crippen LogP contribution is -2.64. The lowest BCUT2D eigenvalue weighted by Gasteiger charge is -2.43. The monoisotopic (exact) mass is 1040 g/mol. The normalized spacial score (nSPS) is 22.1. The van der Waals surface area contributed by atoms with E-state index in [-0.39, 0.29) is 25.7 Å². The maximum absolute atomic E-state index is 13.0. The summed E-state index contributed by atoms with van der Waals surface area (Å²) >= 11 is 0. The summed E-state index contributed by atoms with van der Waals surface area (Å²) in [6.07, 6.45) is 35.1. The molecule has 1 rings (SSSR count). The fourth-order valence-electron chi connectivity index (χ4n) is 7.06. The van der Waals surface area contributed by atoms with Crippen molar-refractivity contribution in [2.75, 3.05) is 13.2 Å². The minimum atomic E-state index is -5.39. The van der Waals surface area contributed by atoms with E-state index in [0.29, 0.717) is 6.42 Å². The first-order chi connectivity index (χ1) is 34.0. The molecule has 71 heavy (non-hydrogen) atoms. The van der Waals surface area contributed by atoms with Crippen molar-refractivity contribution < 1.29 is 82.0 Å². The average Bonchev–Trinajstić information content (AvgIpc) is 3.32. The van der Waals surface area contributed by atoms with Crippen LogP contribution >= 0.6 is 15.6 Å². The van der Waals surface area contributed by atoms with Gasteiger partial charge in [-0.05, 0) is 83.5 Å². The zero-order chi connectivity index (χ0) is 52.6. The van der Waals surface area contributed by atoms with Crippen molar-refractivity contribution in [1.29, 1.82) is 0 Å². The van der Waals surface area contributed by atoms with E-state index in [1.54, 1.807) is 12.2 Å². The summed E-state index contributed by atoms with van der Waals surface area (Å²) < 4.78 is 49.3. The molecule has 0 spiro atoms. The molecule has 1 fully saturated rings. The van der Waals surface area contributed by atoms with Crippen LogP contribution in [0.1, 0.15) is 155 Å². The molecule has 9 atom stereocenters. The lowest BCUT2D eigenvalue weighted by atomic mass is 9.85. The molecule has 0 saturated heterocycles. The standard InChI is InChI=1S/C52H86O17P2/c1-3-5-7-9-11-13-15-17-18-19-20-21-22-23-25-27-29-31-33-35-39-46(55)67-44(42-66-71(63,64)69-52-49(58)47(56)48(57)51(50(52)59)68-70(60,61)62)41-65-45(54)40-36-38-43(53)37-34-32-30-28-26-24-16-14-12-10-8-6-4-2/h6,8,12-15,18-19,21-22,24,26,30,32,34,37,43-44,47-53,56-59H,3-5,7,9-11,16-17,20,23,25,27-29,31,33,35-36,38-42H2,1-2H3,(H,63,64)(H2,60,61,62)/b8-6-,14-12-,15-13-,19-18-,22-21-,26-24-,32-30-,37-34+/t43?,44-,47?,48?,49?,50?,51-,52+/m1/s1. The van der Waals surface area contributed by atoms with Gasteiger partial charge in [-0.2, -0.15) is 0 Å². The topological polar surface area (TPSA) is 276 Å². The molecule has 6 unspecified atom stereocenters. The van der Waals surface area contributed by atoms with Crippen molar-refractivity contribution in [3.8, 4) is 0 Å². The van der Waals surface area contributed by atoms with Crippen molar-refractivity contribution in [3.63, 3.8) is 0 Å². The molecule has 1 saturated carbocycles. The quantitative estimate of drug-likeness (QED) is 0.00931. The third-order valence-corrected chi connectivity index (χ3v) is 12.5. The maximum atomic E-state index is 13.0. The SMILES string of the molecule is CC/C=C\C/C=C\C/C=C\C/C=C\C=C\C(O)CCCC(=O)OC[C@H](COP(=O)(O)O[C@H]1C(O)C(O)C(O)[C@@H](OP(=O)(O)O)C1O)OC(=O)CCCCCCCC/C=C\C/C=C\C/C=C\CCCCCC. The Hall–Kier alpha value is -3.12. The van der Waals surface area contributed by atoms with Crippen LogP contribution in [0, 0.1) is 0 Å². The molecular formula is C52H86O17P2. The first kappa shape index (κ1) is 65.9. The number of allylic oxidation sites excluding steroid dienone is 15. The van der Waals surface area contributed by atoms with E-state index >= 15 is 0 Å². The minimum Gasteiger partial charge on any atom is -0.462 e. The van der Waals surface area contributed by atoms with Gasteiger partial charge in [0.25, 0.3) is 0 Å². The fourth-order valence-corrected chi connectivity index (χ4v) is 8.60. The van der Waals surface area contributed by atoms with Gasteiger partial charge in [-0.15, -0.1) is 0 Å². The summed E-state index contributed by atoms with van der Waals surface area (Å²) in [6.45, 7) is 2.80. The van der Waals surface area contributed by atoms with Gasteiger partial charge in [-0.1, -0.05) is 156 Å². The molecular weight excluding hydrogens is 959 g/mol. The van der Waals surface area contributed by atoms with E-state index in [9.17, 15) is 58.9 Å². The van der Waals surface area contributed by atoms with E-state index in [4.69, 9.17) is 18.5 Å². The smallest absolute Gasteiger partial charge is 0.462 e. The molecule has 0 heterocycles. The van der Waals surface area contributed by atoms with Crippen LogP contribution in [0.15, 0.2) is 97.2 Å². The van der Waals surface area contributed by atoms with Gasteiger partial charge < -0.3 is 49.7 Å². The van der Waals surface area contributed by atoms with Gasteiger partial charge in [-0.25, -0.2) is 9.13 Å². The Morgan fingerprint density at radius 1 is 0.535 bits per heavy atom. The number of hydrogen-bond acceptors (Lipinski definition) is 14. The molecule has 19 heteroatoms. The van der Waals surface area contributed by atoms with Crippen molar-refractivity contribution in [2.24, 2.45) is 0 Å². The molecule has 1 aliphatic rings. The van der Waals surface area contributed by atoms with Gasteiger partial charge in [0.1, 0.15) is 43.2 Å². The van der Waals surface area contributed by atoms with Crippen molar-refractivity contribution >= 4 is 27.6 Å². The highest BCUT2D eigenvalue weighted by Crippen LogP contribution is 2.49. The Morgan fingerprint density at radius 2 is 1.03 bits per heavy atom.